The summed E-state index contributed by atoms with van der Waals surface area (Å²) in [5, 5.41) is 5.77. The normalized spacial score (nSPS) is 11.4. The molecule has 0 fully saturated rings. The minimum Gasteiger partial charge on any atom is -0.456 e. The van der Waals surface area contributed by atoms with E-state index in [2.05, 4.69) is 32.5 Å². The fourth-order valence-corrected chi connectivity index (χ4v) is 5.70. The van der Waals surface area contributed by atoms with E-state index in [1.807, 2.05) is 30.3 Å². The topological polar surface area (TPSA) is 161 Å². The predicted octanol–water partition coefficient (Wildman–Crippen LogP) is 9.04. The molecule has 0 saturated carbocycles. The molecule has 51 heavy (non-hydrogen) atoms. The number of unbranched alkanes of at least 4 members (excludes halogenated alkanes) is 14. The molecule has 4 rings (SSSR count). The van der Waals surface area contributed by atoms with Gasteiger partial charge in [-0.25, -0.2) is 4.98 Å². The molecular formula is C41H61N7O3. The molecule has 2 aromatic carbocycles. The smallest absolute Gasteiger partial charge is 0.291 e. The Morgan fingerprint density at radius 2 is 1.41 bits per heavy atom. The molecule has 0 aliphatic rings. The Labute approximate surface area is 304 Å². The Morgan fingerprint density at radius 3 is 2.02 bits per heavy atom. The van der Waals surface area contributed by atoms with Crippen molar-refractivity contribution in [2.45, 2.75) is 122 Å². The van der Waals surface area contributed by atoms with Gasteiger partial charge in [0.2, 0.25) is 5.91 Å². The van der Waals surface area contributed by atoms with E-state index in [1.54, 1.807) is 42.7 Å². The molecule has 278 valence electrons. The molecule has 4 aromatic rings. The lowest BCUT2D eigenvalue weighted by molar-refractivity contribution is -0.122. The van der Waals surface area contributed by atoms with Gasteiger partial charge >= 0.3 is 0 Å². The molecule has 2 aromatic heterocycles. The van der Waals surface area contributed by atoms with Crippen LogP contribution in [0.15, 0.2) is 73.1 Å². The van der Waals surface area contributed by atoms with E-state index in [0.717, 1.165) is 43.3 Å². The van der Waals surface area contributed by atoms with Crippen LogP contribution in [0.3, 0.4) is 0 Å². The van der Waals surface area contributed by atoms with Crippen molar-refractivity contribution < 1.29 is 14.3 Å². The molecule has 1 atom stereocenters. The summed E-state index contributed by atoms with van der Waals surface area (Å²) in [6.07, 6.45) is 24.9. The second kappa shape index (κ2) is 25.6. The van der Waals surface area contributed by atoms with Crippen molar-refractivity contribution in [3.05, 3.63) is 78.9 Å². The standard InChI is InChI=1S/C22H47N3O.C19H14N4O2/c1-2-3-4-5-6-7-8-9-10-11-12-13-14-17-20-25-22(26)21(24)18-15-16-19-23;24-19(18-22-16-5-1-2-6-17(16)23-18)21-13-7-9-14(10-8-13)25-15-4-3-11-20-12-15/h21H,2-20,23-24H2,1H3,(H,25,26);1-12H,(H,21,24)(H,22,23)/t21-;/m0./s1. The second-order valence-electron chi connectivity index (χ2n) is 13.2. The van der Waals surface area contributed by atoms with Gasteiger partial charge in [-0.2, -0.15) is 0 Å². The van der Waals surface area contributed by atoms with Crippen molar-refractivity contribution >= 4 is 28.5 Å². The van der Waals surface area contributed by atoms with Crippen molar-refractivity contribution in [2.75, 3.05) is 18.4 Å². The van der Waals surface area contributed by atoms with Crippen LogP contribution in [-0.4, -0.2) is 45.9 Å². The van der Waals surface area contributed by atoms with E-state index in [1.165, 1.54) is 83.5 Å². The first-order chi connectivity index (χ1) is 25.0. The van der Waals surface area contributed by atoms with Gasteiger partial charge in [0.25, 0.3) is 5.91 Å². The van der Waals surface area contributed by atoms with Crippen LogP contribution in [0.1, 0.15) is 127 Å². The lowest BCUT2D eigenvalue weighted by Crippen LogP contribution is -2.40. The Balaban J connectivity index is 0.000000275. The summed E-state index contributed by atoms with van der Waals surface area (Å²) in [5.74, 6) is 1.29. The number of benzene rings is 2. The fourth-order valence-electron chi connectivity index (χ4n) is 5.70. The average molecular weight is 700 g/mol. The van der Waals surface area contributed by atoms with E-state index < -0.39 is 0 Å². The number of H-pyrrole nitrogens is 1. The zero-order chi connectivity index (χ0) is 36.4. The first-order valence-electron chi connectivity index (χ1n) is 19.2. The van der Waals surface area contributed by atoms with Gasteiger partial charge in [-0.1, -0.05) is 109 Å². The highest BCUT2D eigenvalue weighted by Crippen LogP contribution is 2.22. The quantitative estimate of drug-likeness (QED) is 0.0456. The van der Waals surface area contributed by atoms with Gasteiger partial charge in [0.05, 0.1) is 23.3 Å². The molecule has 2 amide bonds. The minimum absolute atomic E-state index is 0.00304. The molecule has 0 bridgehead atoms. The van der Waals surface area contributed by atoms with Crippen LogP contribution in [0, 0.1) is 0 Å². The number of rotatable bonds is 24. The number of nitrogens with two attached hydrogens (primary N) is 2. The third kappa shape index (κ3) is 17.5. The molecule has 2 heterocycles. The van der Waals surface area contributed by atoms with Crippen molar-refractivity contribution in [1.82, 2.24) is 20.3 Å². The molecule has 10 heteroatoms. The number of hydrogen-bond acceptors (Lipinski definition) is 7. The number of carbonyl (C=O) groups excluding carboxylic acids is 2. The van der Waals surface area contributed by atoms with Gasteiger partial charge in [-0.15, -0.1) is 0 Å². The highest BCUT2D eigenvalue weighted by Gasteiger charge is 2.12. The number of amides is 2. The van der Waals surface area contributed by atoms with Crippen molar-refractivity contribution in [1.29, 1.82) is 0 Å². The summed E-state index contributed by atoms with van der Waals surface area (Å²) in [7, 11) is 0. The number of nitrogens with zero attached hydrogens (tertiary/aromatic N) is 2. The number of imidazole rings is 1. The van der Waals surface area contributed by atoms with Gasteiger partial charge in [-0.3, -0.25) is 14.6 Å². The molecule has 0 spiro atoms. The maximum Gasteiger partial charge on any atom is 0.291 e. The van der Waals surface area contributed by atoms with Crippen LogP contribution in [0.5, 0.6) is 11.5 Å². The summed E-state index contributed by atoms with van der Waals surface area (Å²) in [6, 6.07) is 17.9. The molecule has 0 radical (unpaired) electrons. The molecule has 0 saturated heterocycles. The van der Waals surface area contributed by atoms with E-state index in [-0.39, 0.29) is 23.7 Å². The second-order valence-corrected chi connectivity index (χ2v) is 13.2. The van der Waals surface area contributed by atoms with Crippen LogP contribution < -0.4 is 26.8 Å². The predicted molar refractivity (Wildman–Crippen MR) is 209 cm³/mol. The summed E-state index contributed by atoms with van der Waals surface area (Å²) >= 11 is 0. The first kappa shape index (κ1) is 41.1. The number of ether oxygens (including phenoxy) is 1. The molecule has 0 aliphatic carbocycles. The largest absolute Gasteiger partial charge is 0.456 e. The number of nitrogens with one attached hydrogen (secondary N) is 3. The lowest BCUT2D eigenvalue weighted by Gasteiger charge is -2.11. The van der Waals surface area contributed by atoms with Crippen molar-refractivity contribution in [2.24, 2.45) is 11.5 Å². The van der Waals surface area contributed by atoms with Crippen LogP contribution >= 0.6 is 0 Å². The highest BCUT2D eigenvalue weighted by atomic mass is 16.5. The molecule has 0 unspecified atom stereocenters. The van der Waals surface area contributed by atoms with Gasteiger partial charge in [0, 0.05) is 18.4 Å². The molecular weight excluding hydrogens is 638 g/mol. The Kier molecular flexibility index (Phi) is 20.7. The van der Waals surface area contributed by atoms with E-state index in [0.29, 0.717) is 23.7 Å². The van der Waals surface area contributed by atoms with Crippen LogP contribution in [0.4, 0.5) is 5.69 Å². The third-order valence-electron chi connectivity index (χ3n) is 8.72. The number of aromatic amines is 1. The van der Waals surface area contributed by atoms with Gasteiger partial charge < -0.3 is 31.8 Å². The first-order valence-corrected chi connectivity index (χ1v) is 19.2. The third-order valence-corrected chi connectivity index (χ3v) is 8.72. The van der Waals surface area contributed by atoms with Gasteiger partial charge in [-0.05, 0) is 74.3 Å². The van der Waals surface area contributed by atoms with E-state index >= 15 is 0 Å². The van der Waals surface area contributed by atoms with Crippen LogP contribution in [0.25, 0.3) is 11.0 Å². The zero-order valence-electron chi connectivity index (χ0n) is 30.7. The number of anilines is 1. The number of hydrogen-bond donors (Lipinski definition) is 5. The fraction of sp³-hybridized carbons (Fsp3) is 0.512. The SMILES string of the molecule is CCCCCCCCCCCCCCCCNC(=O)[C@@H](N)CCCCN.O=C(Nc1ccc(Oc2cccnc2)cc1)c1nc2ccccc2[nH]1. The Morgan fingerprint density at radius 1 is 0.765 bits per heavy atom. The van der Waals surface area contributed by atoms with Gasteiger partial charge in [0.15, 0.2) is 5.82 Å². The number of para-hydroxylation sites is 2. The number of carbonyl (C=O) groups is 2. The average Bonchev–Trinajstić information content (AvgIpc) is 3.60. The summed E-state index contributed by atoms with van der Waals surface area (Å²) in [5.41, 5.74) is 13.6. The Hall–Kier alpha value is -4.28. The summed E-state index contributed by atoms with van der Waals surface area (Å²) in [6.45, 7) is 3.71. The zero-order valence-corrected chi connectivity index (χ0v) is 30.7. The number of fused-ring (bicyclic) bond motifs is 1. The number of pyridine rings is 1. The monoisotopic (exact) mass is 699 g/mol. The minimum atomic E-state index is -0.367. The van der Waals surface area contributed by atoms with Crippen molar-refractivity contribution in [3.63, 3.8) is 0 Å². The van der Waals surface area contributed by atoms with Crippen molar-refractivity contribution in [3.8, 4) is 11.5 Å². The van der Waals surface area contributed by atoms with E-state index in [4.69, 9.17) is 16.2 Å². The molecule has 7 N–H and O–H groups in total. The molecule has 0 aliphatic heterocycles. The molecule has 10 nitrogen and oxygen atoms in total. The van der Waals surface area contributed by atoms with Crippen LogP contribution in [0.2, 0.25) is 0 Å². The van der Waals surface area contributed by atoms with E-state index in [9.17, 15) is 9.59 Å². The Bertz CT molecular complexity index is 1460. The van der Waals surface area contributed by atoms with Gasteiger partial charge in [0.1, 0.15) is 11.5 Å². The summed E-state index contributed by atoms with van der Waals surface area (Å²) in [4.78, 5) is 35.4. The lowest BCUT2D eigenvalue weighted by atomic mass is 10.0. The highest BCUT2D eigenvalue weighted by molar-refractivity contribution is 6.03. The maximum atomic E-state index is 12.3. The van der Waals surface area contributed by atoms with Crippen LogP contribution in [-0.2, 0) is 4.79 Å². The maximum absolute atomic E-state index is 12.3. The number of aromatic nitrogens is 3. The summed E-state index contributed by atoms with van der Waals surface area (Å²) < 4.78 is 5.67.